The SMILES string of the molecule is C#CC(C)(O)CC.[Fe]. The van der Waals surface area contributed by atoms with Crippen molar-refractivity contribution in [3.8, 4) is 12.3 Å². The van der Waals surface area contributed by atoms with Crippen LogP contribution >= 0.6 is 0 Å². The van der Waals surface area contributed by atoms with E-state index < -0.39 is 5.60 Å². The molecule has 0 aromatic rings. The van der Waals surface area contributed by atoms with E-state index >= 15 is 0 Å². The summed E-state index contributed by atoms with van der Waals surface area (Å²) in [4.78, 5) is 0. The van der Waals surface area contributed by atoms with E-state index in [1.54, 1.807) is 6.92 Å². The fourth-order valence-corrected chi connectivity index (χ4v) is 0.102. The van der Waals surface area contributed by atoms with Crippen LogP contribution in [0.2, 0.25) is 0 Å². The Hall–Kier alpha value is 0.0395. The molecule has 48 valence electrons. The zero-order chi connectivity index (χ0) is 5.91. The first-order valence-electron chi connectivity index (χ1n) is 2.32. The van der Waals surface area contributed by atoms with E-state index in [9.17, 15) is 0 Å². The van der Waals surface area contributed by atoms with Crippen molar-refractivity contribution in [1.29, 1.82) is 0 Å². The van der Waals surface area contributed by atoms with Crippen molar-refractivity contribution in [3.05, 3.63) is 0 Å². The molecule has 0 aromatic carbocycles. The maximum Gasteiger partial charge on any atom is 0.122 e. The summed E-state index contributed by atoms with van der Waals surface area (Å²) in [5, 5.41) is 8.90. The third-order valence-electron chi connectivity index (χ3n) is 0.999. The Morgan fingerprint density at radius 3 is 2.12 bits per heavy atom. The number of hydrogen-bond donors (Lipinski definition) is 1. The minimum Gasteiger partial charge on any atom is -0.378 e. The van der Waals surface area contributed by atoms with Crippen molar-refractivity contribution in [2.75, 3.05) is 0 Å². The molecule has 0 aliphatic heterocycles. The third kappa shape index (κ3) is 4.21. The zero-order valence-corrected chi connectivity index (χ0v) is 6.19. The topological polar surface area (TPSA) is 20.2 Å². The number of hydrogen-bond acceptors (Lipinski definition) is 1. The van der Waals surface area contributed by atoms with Crippen molar-refractivity contribution in [1.82, 2.24) is 0 Å². The number of aliphatic hydroxyl groups is 1. The molecule has 8 heavy (non-hydrogen) atoms. The minimum absolute atomic E-state index is 0. The van der Waals surface area contributed by atoms with Crippen LogP contribution in [-0.4, -0.2) is 10.7 Å². The van der Waals surface area contributed by atoms with Crippen molar-refractivity contribution in [3.63, 3.8) is 0 Å². The maximum atomic E-state index is 8.90. The van der Waals surface area contributed by atoms with Gasteiger partial charge < -0.3 is 5.11 Å². The van der Waals surface area contributed by atoms with Gasteiger partial charge in [-0.25, -0.2) is 0 Å². The van der Waals surface area contributed by atoms with Gasteiger partial charge in [0.15, 0.2) is 0 Å². The summed E-state index contributed by atoms with van der Waals surface area (Å²) in [5.41, 5.74) is -0.889. The van der Waals surface area contributed by atoms with Gasteiger partial charge in [-0.2, -0.15) is 0 Å². The van der Waals surface area contributed by atoms with E-state index in [-0.39, 0.29) is 17.1 Å². The fourth-order valence-electron chi connectivity index (χ4n) is 0.102. The molecule has 0 aliphatic carbocycles. The van der Waals surface area contributed by atoms with Crippen LogP contribution in [0.25, 0.3) is 0 Å². The first kappa shape index (κ1) is 10.9. The van der Waals surface area contributed by atoms with Gasteiger partial charge in [0.05, 0.1) is 0 Å². The Balaban J connectivity index is 0. The van der Waals surface area contributed by atoms with Crippen LogP contribution in [0.5, 0.6) is 0 Å². The Morgan fingerprint density at radius 2 is 2.12 bits per heavy atom. The van der Waals surface area contributed by atoms with Gasteiger partial charge in [0, 0.05) is 17.1 Å². The van der Waals surface area contributed by atoms with Crippen LogP contribution in [0.3, 0.4) is 0 Å². The predicted molar refractivity (Wildman–Crippen MR) is 29.7 cm³/mol. The molecule has 0 saturated heterocycles. The molecule has 0 aromatic heterocycles. The second-order valence-corrected chi connectivity index (χ2v) is 1.77. The summed E-state index contributed by atoms with van der Waals surface area (Å²) in [5.74, 6) is 2.25. The van der Waals surface area contributed by atoms with Gasteiger partial charge >= 0.3 is 0 Å². The number of rotatable bonds is 1. The van der Waals surface area contributed by atoms with Crippen LogP contribution in [0, 0.1) is 12.3 Å². The van der Waals surface area contributed by atoms with Gasteiger partial charge in [-0.3, -0.25) is 0 Å². The first-order chi connectivity index (χ1) is 3.12. The van der Waals surface area contributed by atoms with Crippen molar-refractivity contribution in [2.24, 2.45) is 0 Å². The smallest absolute Gasteiger partial charge is 0.122 e. The molecule has 0 bridgehead atoms. The van der Waals surface area contributed by atoms with Crippen LogP contribution in [0.15, 0.2) is 0 Å². The van der Waals surface area contributed by atoms with Gasteiger partial charge in [0.1, 0.15) is 5.60 Å². The van der Waals surface area contributed by atoms with E-state index in [4.69, 9.17) is 11.5 Å². The standard InChI is InChI=1S/C6H10O.Fe/c1-4-6(3,7)5-2;/h1,7H,5H2,2-3H3;. The van der Waals surface area contributed by atoms with E-state index in [1.165, 1.54) is 0 Å². The molecule has 0 fully saturated rings. The van der Waals surface area contributed by atoms with Crippen molar-refractivity contribution >= 4 is 0 Å². The van der Waals surface area contributed by atoms with E-state index in [0.717, 1.165) is 0 Å². The van der Waals surface area contributed by atoms with Gasteiger partial charge in [0.2, 0.25) is 0 Å². The van der Waals surface area contributed by atoms with Gasteiger partial charge in [-0.05, 0) is 13.3 Å². The van der Waals surface area contributed by atoms with Crippen LogP contribution in [0.1, 0.15) is 20.3 Å². The van der Waals surface area contributed by atoms with Gasteiger partial charge in [-0.1, -0.05) is 12.8 Å². The van der Waals surface area contributed by atoms with Crippen LogP contribution < -0.4 is 0 Å². The molecule has 0 saturated carbocycles. The Labute approximate surface area is 61.0 Å². The average Bonchev–Trinajstić information content (AvgIpc) is 1.68. The molecule has 2 heteroatoms. The first-order valence-corrected chi connectivity index (χ1v) is 2.32. The Kier molecular flexibility index (Phi) is 5.42. The molecular formula is C6H10FeO. The Morgan fingerprint density at radius 1 is 1.75 bits per heavy atom. The van der Waals surface area contributed by atoms with Crippen molar-refractivity contribution < 1.29 is 22.2 Å². The summed E-state index contributed by atoms with van der Waals surface area (Å²) in [7, 11) is 0. The maximum absolute atomic E-state index is 8.90. The summed E-state index contributed by atoms with van der Waals surface area (Å²) in [6.07, 6.45) is 5.53. The number of terminal acetylenes is 1. The Bertz CT molecular complexity index is 91.2. The fraction of sp³-hybridized carbons (Fsp3) is 0.667. The molecule has 1 unspecified atom stereocenters. The third-order valence-corrected chi connectivity index (χ3v) is 0.999. The molecule has 1 atom stereocenters. The van der Waals surface area contributed by atoms with E-state index in [2.05, 4.69) is 5.92 Å². The largest absolute Gasteiger partial charge is 0.378 e. The predicted octanol–water partition coefficient (Wildman–Crippen LogP) is 0.778. The zero-order valence-electron chi connectivity index (χ0n) is 5.09. The summed E-state index contributed by atoms with van der Waals surface area (Å²) in [6.45, 7) is 3.47. The monoisotopic (exact) mass is 154 g/mol. The van der Waals surface area contributed by atoms with E-state index in [1.807, 2.05) is 6.92 Å². The molecule has 0 aliphatic rings. The minimum atomic E-state index is -0.889. The second kappa shape index (κ2) is 3.97. The average molecular weight is 154 g/mol. The molecule has 0 heterocycles. The van der Waals surface area contributed by atoms with Crippen molar-refractivity contribution in [2.45, 2.75) is 25.9 Å². The molecule has 0 amide bonds. The van der Waals surface area contributed by atoms with Gasteiger partial charge in [0.25, 0.3) is 0 Å². The molecule has 0 radical (unpaired) electrons. The quantitative estimate of drug-likeness (QED) is 0.437. The molecule has 0 spiro atoms. The summed E-state index contributed by atoms with van der Waals surface area (Å²) < 4.78 is 0. The molecule has 1 N–H and O–H groups in total. The summed E-state index contributed by atoms with van der Waals surface area (Å²) >= 11 is 0. The second-order valence-electron chi connectivity index (χ2n) is 1.77. The van der Waals surface area contributed by atoms with Gasteiger partial charge in [-0.15, -0.1) is 6.42 Å². The molecule has 1 nitrogen and oxygen atoms in total. The van der Waals surface area contributed by atoms with Crippen LogP contribution in [-0.2, 0) is 17.1 Å². The molecular weight excluding hydrogens is 144 g/mol. The normalized spacial score (nSPS) is 15.2. The summed E-state index contributed by atoms with van der Waals surface area (Å²) in [6, 6.07) is 0. The van der Waals surface area contributed by atoms with Crippen LogP contribution in [0.4, 0.5) is 0 Å². The molecule has 0 rings (SSSR count). The van der Waals surface area contributed by atoms with E-state index in [0.29, 0.717) is 6.42 Å².